The van der Waals surface area contributed by atoms with Gasteiger partial charge in [-0.25, -0.2) is 0 Å². The Balaban J connectivity index is 1.69. The molecule has 3 aromatic rings. The fraction of sp³-hybridized carbons (Fsp3) is 0.0588. The SMILES string of the molecule is S=C(Nc1ccccc1Cl)Nc1nn(Cc2ccccc2Cl)cc1Cl. The zero-order chi connectivity index (χ0) is 17.8. The topological polar surface area (TPSA) is 41.9 Å². The zero-order valence-corrected chi connectivity index (χ0v) is 15.9. The third-order valence-electron chi connectivity index (χ3n) is 3.36. The Hall–Kier alpha value is -1.79. The molecule has 1 heterocycles. The van der Waals surface area contributed by atoms with Gasteiger partial charge in [-0.2, -0.15) is 5.10 Å². The summed E-state index contributed by atoms with van der Waals surface area (Å²) in [6.07, 6.45) is 1.71. The monoisotopic (exact) mass is 410 g/mol. The Morgan fingerprint density at radius 2 is 1.60 bits per heavy atom. The van der Waals surface area contributed by atoms with Crippen LogP contribution in [0.15, 0.2) is 54.7 Å². The van der Waals surface area contributed by atoms with Gasteiger partial charge in [0.2, 0.25) is 0 Å². The molecule has 0 saturated carbocycles. The highest BCUT2D eigenvalue weighted by Crippen LogP contribution is 2.24. The number of hydrogen-bond donors (Lipinski definition) is 2. The number of halogens is 3. The molecule has 0 spiro atoms. The van der Waals surface area contributed by atoms with Gasteiger partial charge in [-0.3, -0.25) is 4.68 Å². The van der Waals surface area contributed by atoms with Gasteiger partial charge in [0.25, 0.3) is 0 Å². The van der Waals surface area contributed by atoms with Crippen LogP contribution in [0.4, 0.5) is 11.5 Å². The summed E-state index contributed by atoms with van der Waals surface area (Å²) in [6.45, 7) is 0.506. The van der Waals surface area contributed by atoms with Crippen LogP contribution in [0.25, 0.3) is 0 Å². The molecule has 0 aliphatic rings. The first-order valence-electron chi connectivity index (χ1n) is 7.32. The highest BCUT2D eigenvalue weighted by molar-refractivity contribution is 7.80. The minimum absolute atomic E-state index is 0.345. The summed E-state index contributed by atoms with van der Waals surface area (Å²) in [5, 5.41) is 12.4. The molecular weight excluding hydrogens is 399 g/mol. The van der Waals surface area contributed by atoms with E-state index in [1.807, 2.05) is 42.5 Å². The highest BCUT2D eigenvalue weighted by Gasteiger charge is 2.11. The lowest BCUT2D eigenvalue weighted by Crippen LogP contribution is -2.20. The van der Waals surface area contributed by atoms with Gasteiger partial charge in [-0.1, -0.05) is 65.1 Å². The maximum Gasteiger partial charge on any atom is 0.176 e. The van der Waals surface area contributed by atoms with Crippen molar-refractivity contribution in [3.8, 4) is 0 Å². The lowest BCUT2D eigenvalue weighted by Gasteiger charge is -2.10. The average Bonchev–Trinajstić information content (AvgIpc) is 2.91. The summed E-state index contributed by atoms with van der Waals surface area (Å²) in [5.41, 5.74) is 1.65. The van der Waals surface area contributed by atoms with Crippen LogP contribution in [0.2, 0.25) is 15.1 Å². The number of hydrogen-bond acceptors (Lipinski definition) is 2. The molecule has 0 radical (unpaired) electrons. The fourth-order valence-electron chi connectivity index (χ4n) is 2.19. The summed E-state index contributed by atoms with van der Waals surface area (Å²) in [5.74, 6) is 0.457. The van der Waals surface area contributed by atoms with Crippen LogP contribution in [0.5, 0.6) is 0 Å². The lowest BCUT2D eigenvalue weighted by molar-refractivity contribution is 0.690. The molecule has 8 heteroatoms. The molecule has 2 aromatic carbocycles. The third-order valence-corrected chi connectivity index (χ3v) is 4.54. The normalized spacial score (nSPS) is 10.5. The van der Waals surface area contributed by atoms with Crippen LogP contribution in [0, 0.1) is 0 Å². The standard InChI is InChI=1S/C17H13Cl3N4S/c18-12-6-2-1-5-11(12)9-24-10-14(20)16(23-24)22-17(25)21-15-8-4-3-7-13(15)19/h1-8,10H,9H2,(H2,21,22,23,25). The minimum Gasteiger partial charge on any atom is -0.331 e. The van der Waals surface area contributed by atoms with Crippen molar-refractivity contribution in [1.29, 1.82) is 0 Å². The molecule has 0 bridgehead atoms. The van der Waals surface area contributed by atoms with Crippen molar-refractivity contribution in [3.63, 3.8) is 0 Å². The van der Waals surface area contributed by atoms with Crippen molar-refractivity contribution in [3.05, 3.63) is 75.4 Å². The second-order valence-corrected chi connectivity index (χ2v) is 6.80. The van der Waals surface area contributed by atoms with E-state index in [1.54, 1.807) is 16.9 Å². The average molecular weight is 412 g/mol. The Morgan fingerprint density at radius 3 is 2.32 bits per heavy atom. The van der Waals surface area contributed by atoms with Gasteiger partial charge in [0, 0.05) is 11.2 Å². The Kier molecular flexibility index (Phi) is 5.81. The molecule has 1 aromatic heterocycles. The van der Waals surface area contributed by atoms with E-state index in [0.29, 0.717) is 38.2 Å². The molecule has 0 amide bonds. The predicted molar refractivity (Wildman–Crippen MR) is 109 cm³/mol. The summed E-state index contributed by atoms with van der Waals surface area (Å²) in [4.78, 5) is 0. The van der Waals surface area contributed by atoms with E-state index in [4.69, 9.17) is 47.0 Å². The molecule has 128 valence electrons. The molecule has 2 N–H and O–H groups in total. The van der Waals surface area contributed by atoms with Crippen LogP contribution in [-0.2, 0) is 6.54 Å². The van der Waals surface area contributed by atoms with Gasteiger partial charge in [0.1, 0.15) is 5.02 Å². The predicted octanol–water partition coefficient (Wildman–Crippen LogP) is 5.70. The summed E-state index contributed by atoms with van der Waals surface area (Å²) in [6, 6.07) is 14.9. The third kappa shape index (κ3) is 4.64. The second kappa shape index (κ2) is 8.06. The van der Waals surface area contributed by atoms with Gasteiger partial charge in [-0.05, 0) is 36.0 Å². The molecule has 0 unspecified atom stereocenters. The van der Waals surface area contributed by atoms with Gasteiger partial charge in [-0.15, -0.1) is 0 Å². The molecular formula is C17H13Cl3N4S. The number of anilines is 2. The Bertz CT molecular complexity index is 910. The number of aromatic nitrogens is 2. The summed E-state index contributed by atoms with van der Waals surface area (Å²) >= 11 is 23.8. The van der Waals surface area contributed by atoms with E-state index >= 15 is 0 Å². The molecule has 0 saturated heterocycles. The molecule has 25 heavy (non-hydrogen) atoms. The van der Waals surface area contributed by atoms with Crippen molar-refractivity contribution in [2.24, 2.45) is 0 Å². The highest BCUT2D eigenvalue weighted by atomic mass is 35.5. The van der Waals surface area contributed by atoms with Crippen LogP contribution in [0.1, 0.15) is 5.56 Å². The van der Waals surface area contributed by atoms with Gasteiger partial charge < -0.3 is 10.6 Å². The molecule has 0 aliphatic carbocycles. The quantitative estimate of drug-likeness (QED) is 0.540. The fourth-order valence-corrected chi connectivity index (χ4v) is 2.97. The maximum absolute atomic E-state index is 6.24. The lowest BCUT2D eigenvalue weighted by atomic mass is 10.2. The van der Waals surface area contributed by atoms with Crippen molar-refractivity contribution in [1.82, 2.24) is 9.78 Å². The number of rotatable bonds is 4. The van der Waals surface area contributed by atoms with Crippen LogP contribution in [0.3, 0.4) is 0 Å². The summed E-state index contributed by atoms with van der Waals surface area (Å²) < 4.78 is 1.70. The smallest absolute Gasteiger partial charge is 0.176 e. The van der Waals surface area contributed by atoms with Gasteiger partial charge in [0.15, 0.2) is 10.9 Å². The molecule has 3 rings (SSSR count). The van der Waals surface area contributed by atoms with Gasteiger partial charge in [0.05, 0.1) is 17.3 Å². The number of benzene rings is 2. The second-order valence-electron chi connectivity index (χ2n) is 5.17. The zero-order valence-electron chi connectivity index (χ0n) is 12.8. The van der Waals surface area contributed by atoms with Crippen molar-refractivity contribution in [2.45, 2.75) is 6.54 Å². The van der Waals surface area contributed by atoms with Crippen LogP contribution < -0.4 is 10.6 Å². The minimum atomic E-state index is 0.345. The van der Waals surface area contributed by atoms with E-state index in [-0.39, 0.29) is 0 Å². The number of nitrogens with zero attached hydrogens (tertiary/aromatic N) is 2. The number of nitrogens with one attached hydrogen (secondary N) is 2. The largest absolute Gasteiger partial charge is 0.331 e. The van der Waals surface area contributed by atoms with Crippen molar-refractivity contribution < 1.29 is 0 Å². The first-order chi connectivity index (χ1) is 12.0. The number of para-hydroxylation sites is 1. The van der Waals surface area contributed by atoms with Gasteiger partial charge >= 0.3 is 0 Å². The van der Waals surface area contributed by atoms with E-state index in [1.165, 1.54) is 0 Å². The molecule has 4 nitrogen and oxygen atoms in total. The first-order valence-corrected chi connectivity index (χ1v) is 8.86. The molecule has 0 aliphatic heterocycles. The van der Waals surface area contributed by atoms with Crippen LogP contribution >= 0.6 is 47.0 Å². The van der Waals surface area contributed by atoms with E-state index in [9.17, 15) is 0 Å². The molecule has 0 fully saturated rings. The number of thiocarbonyl (C=S) groups is 1. The van der Waals surface area contributed by atoms with E-state index < -0.39 is 0 Å². The van der Waals surface area contributed by atoms with E-state index in [2.05, 4.69) is 15.7 Å². The summed E-state index contributed by atoms with van der Waals surface area (Å²) in [7, 11) is 0. The Morgan fingerprint density at radius 1 is 0.920 bits per heavy atom. The van der Waals surface area contributed by atoms with Crippen molar-refractivity contribution >= 4 is 63.6 Å². The first kappa shape index (κ1) is 18.0. The van der Waals surface area contributed by atoms with E-state index in [0.717, 1.165) is 5.56 Å². The Labute approximate surface area is 165 Å². The molecule has 0 atom stereocenters. The van der Waals surface area contributed by atoms with Crippen molar-refractivity contribution in [2.75, 3.05) is 10.6 Å². The van der Waals surface area contributed by atoms with Crippen LogP contribution in [-0.4, -0.2) is 14.9 Å². The maximum atomic E-state index is 6.24.